The van der Waals surface area contributed by atoms with Crippen LogP contribution >= 0.6 is 46.4 Å². The smallest absolute Gasteiger partial charge is 0.0900 e. The lowest BCUT2D eigenvalue weighted by atomic mass is 10.1. The molecule has 0 atom stereocenters. The fourth-order valence-electron chi connectivity index (χ4n) is 5.07. The zero-order valence-corrected chi connectivity index (χ0v) is 26.5. The average Bonchev–Trinajstić information content (AvgIpc) is 3.04. The summed E-state index contributed by atoms with van der Waals surface area (Å²) in [7, 11) is 0. The molecule has 7 rings (SSSR count). The van der Waals surface area contributed by atoms with Gasteiger partial charge in [0.25, 0.3) is 0 Å². The van der Waals surface area contributed by atoms with Gasteiger partial charge >= 0.3 is 0 Å². The van der Waals surface area contributed by atoms with Gasteiger partial charge in [-0.1, -0.05) is 46.4 Å². The van der Waals surface area contributed by atoms with Crippen LogP contribution in [0.1, 0.15) is 0 Å². The molecular formula is C36H23Cl4N5. The van der Waals surface area contributed by atoms with E-state index in [1.165, 1.54) is 0 Å². The van der Waals surface area contributed by atoms with Gasteiger partial charge in [-0.05, 0) is 127 Å². The van der Waals surface area contributed by atoms with Crippen molar-refractivity contribution in [2.75, 3.05) is 10.6 Å². The van der Waals surface area contributed by atoms with Crippen molar-refractivity contribution in [2.24, 2.45) is 4.99 Å². The van der Waals surface area contributed by atoms with Gasteiger partial charge in [-0.25, -0.2) is 9.98 Å². The number of hydrogen-bond acceptors (Lipinski definition) is 4. The van der Waals surface area contributed by atoms with E-state index in [-0.39, 0.29) is 0 Å². The van der Waals surface area contributed by atoms with Crippen LogP contribution in [0.25, 0.3) is 28.1 Å². The third-order valence-corrected chi connectivity index (χ3v) is 8.22. The molecule has 0 spiro atoms. The Labute approximate surface area is 279 Å². The summed E-state index contributed by atoms with van der Waals surface area (Å²) in [5, 5.41) is 10.4. The molecule has 0 amide bonds. The molecular weight excluding hydrogens is 644 g/mol. The Kier molecular flexibility index (Phi) is 8.09. The van der Waals surface area contributed by atoms with Gasteiger partial charge < -0.3 is 15.2 Å². The first-order valence-electron chi connectivity index (χ1n) is 14.0. The third-order valence-electron chi connectivity index (χ3n) is 7.21. The molecule has 0 unspecified atom stereocenters. The third kappa shape index (κ3) is 6.48. The van der Waals surface area contributed by atoms with E-state index in [9.17, 15) is 0 Å². The van der Waals surface area contributed by atoms with Crippen LogP contribution < -0.4 is 16.0 Å². The van der Waals surface area contributed by atoms with E-state index in [0.717, 1.165) is 61.9 Å². The van der Waals surface area contributed by atoms with Gasteiger partial charge in [-0.2, -0.15) is 0 Å². The van der Waals surface area contributed by atoms with E-state index in [4.69, 9.17) is 56.4 Å². The summed E-state index contributed by atoms with van der Waals surface area (Å²) in [6.45, 7) is 0. The van der Waals surface area contributed by atoms with E-state index in [2.05, 4.69) is 21.3 Å². The molecule has 5 aromatic carbocycles. The highest BCUT2D eigenvalue weighted by Gasteiger charge is 2.18. The van der Waals surface area contributed by atoms with Crippen molar-refractivity contribution in [1.82, 2.24) is 9.55 Å². The molecule has 1 aliphatic heterocycles. The molecule has 0 saturated heterocycles. The number of benzene rings is 6. The van der Waals surface area contributed by atoms with Gasteiger partial charge in [0.2, 0.25) is 0 Å². The Morgan fingerprint density at radius 2 is 1.07 bits per heavy atom. The quantitative estimate of drug-likeness (QED) is 0.174. The Morgan fingerprint density at radius 3 is 1.69 bits per heavy atom. The molecule has 5 nitrogen and oxygen atoms in total. The molecule has 0 saturated carbocycles. The fraction of sp³-hybridized carbons (Fsp3) is 0. The van der Waals surface area contributed by atoms with Crippen LogP contribution in [0, 0.1) is 0 Å². The highest BCUT2D eigenvalue weighted by Crippen LogP contribution is 2.33. The van der Waals surface area contributed by atoms with Crippen molar-refractivity contribution in [1.29, 1.82) is 0 Å². The van der Waals surface area contributed by atoms with Gasteiger partial charge in [-0.3, -0.25) is 0 Å². The standard InChI is InChI=1S/C36H23Cl4N5/c37-22-1-9-26(10-2-22)41-29-15-18-31-35(19-29)45(30-16-7-25(40)8-17-30)36-21-33(43-28-13-5-24(39)6-14-28)32(20-34(36)44-31)42-27-11-3-23(38)4-12-27/h1-21,41-42H. The van der Waals surface area contributed by atoms with Crippen molar-refractivity contribution in [3.05, 3.63) is 153 Å². The van der Waals surface area contributed by atoms with Crippen LogP contribution in [0.4, 0.5) is 28.4 Å². The minimum Gasteiger partial charge on any atom is -0.355 e. The monoisotopic (exact) mass is 665 g/mol. The number of hydrogen-bond donors (Lipinski definition) is 2. The molecule has 2 aliphatic rings. The maximum atomic E-state index is 6.31. The highest BCUT2D eigenvalue weighted by molar-refractivity contribution is 6.31. The molecule has 0 radical (unpaired) electrons. The second kappa shape index (κ2) is 12.5. The summed E-state index contributed by atoms with van der Waals surface area (Å²) in [4.78, 5) is 10.1. The molecule has 220 valence electrons. The largest absolute Gasteiger partial charge is 0.355 e. The first-order valence-corrected chi connectivity index (χ1v) is 15.5. The molecule has 0 fully saturated rings. The molecule has 9 heteroatoms. The van der Waals surface area contributed by atoms with E-state index >= 15 is 0 Å². The summed E-state index contributed by atoms with van der Waals surface area (Å²) in [5.41, 5.74) is 8.54. The van der Waals surface area contributed by atoms with E-state index in [0.29, 0.717) is 20.1 Å². The van der Waals surface area contributed by atoms with Crippen LogP contribution in [-0.4, -0.2) is 9.55 Å². The maximum Gasteiger partial charge on any atom is 0.0900 e. The van der Waals surface area contributed by atoms with Crippen LogP contribution in [0.2, 0.25) is 20.1 Å². The molecule has 0 aromatic heterocycles. The van der Waals surface area contributed by atoms with Crippen molar-refractivity contribution < 1.29 is 0 Å². The number of aromatic nitrogens is 2. The summed E-state index contributed by atoms with van der Waals surface area (Å²) >= 11 is 24.8. The minimum atomic E-state index is 0.645. The summed E-state index contributed by atoms with van der Waals surface area (Å²) in [5.74, 6) is 0. The summed E-state index contributed by atoms with van der Waals surface area (Å²) in [6, 6.07) is 40.5. The van der Waals surface area contributed by atoms with Crippen LogP contribution in [0.5, 0.6) is 0 Å². The number of nitrogens with zero attached hydrogens (tertiary/aromatic N) is 3. The Balaban J connectivity index is 1.47. The van der Waals surface area contributed by atoms with Gasteiger partial charge in [0.1, 0.15) is 0 Å². The van der Waals surface area contributed by atoms with Crippen molar-refractivity contribution in [2.45, 2.75) is 0 Å². The van der Waals surface area contributed by atoms with E-state index < -0.39 is 0 Å². The zero-order chi connectivity index (χ0) is 30.9. The molecule has 45 heavy (non-hydrogen) atoms. The minimum absolute atomic E-state index is 0.645. The normalized spacial score (nSPS) is 11.7. The highest BCUT2D eigenvalue weighted by atomic mass is 35.5. The zero-order valence-electron chi connectivity index (χ0n) is 23.5. The lowest BCUT2D eigenvalue weighted by Crippen LogP contribution is -2.15. The molecule has 0 bridgehead atoms. The van der Waals surface area contributed by atoms with Gasteiger partial charge in [0, 0.05) is 42.8 Å². The van der Waals surface area contributed by atoms with Crippen LogP contribution in [0.15, 0.2) is 132 Å². The predicted octanol–water partition coefficient (Wildman–Crippen LogP) is 11.5. The molecule has 2 N–H and O–H groups in total. The second-order valence-corrected chi connectivity index (χ2v) is 12.1. The number of anilines is 4. The second-order valence-electron chi connectivity index (χ2n) is 10.3. The Bertz CT molecular complexity index is 2180. The SMILES string of the molecule is Clc1ccc(N=c2cc3n(-c4ccc(Cl)cc4)c4cc(Nc5ccc(Cl)cc5)ccc4nc-3cc2Nc2ccc(Cl)cc2)cc1. The number of halogens is 4. The average molecular weight is 667 g/mol. The predicted molar refractivity (Wildman–Crippen MR) is 189 cm³/mol. The van der Waals surface area contributed by atoms with Gasteiger partial charge in [-0.15, -0.1) is 0 Å². The van der Waals surface area contributed by atoms with Crippen LogP contribution in [-0.2, 0) is 0 Å². The van der Waals surface area contributed by atoms with Gasteiger partial charge in [0.15, 0.2) is 0 Å². The Morgan fingerprint density at radius 1 is 0.533 bits per heavy atom. The summed E-state index contributed by atoms with van der Waals surface area (Å²) in [6.07, 6.45) is 0. The van der Waals surface area contributed by atoms with Crippen molar-refractivity contribution >= 4 is 85.9 Å². The Hall–Kier alpha value is -4.52. The number of nitrogens with one attached hydrogen (secondary N) is 2. The van der Waals surface area contributed by atoms with Crippen molar-refractivity contribution in [3.63, 3.8) is 0 Å². The first kappa shape index (κ1) is 29.2. The fourth-order valence-corrected chi connectivity index (χ4v) is 5.58. The molecule has 1 aliphatic carbocycles. The topological polar surface area (TPSA) is 54.2 Å². The summed E-state index contributed by atoms with van der Waals surface area (Å²) < 4.78 is 2.17. The van der Waals surface area contributed by atoms with E-state index in [1.807, 2.05) is 121 Å². The maximum absolute atomic E-state index is 6.31. The number of rotatable bonds is 6. The van der Waals surface area contributed by atoms with Crippen molar-refractivity contribution in [3.8, 4) is 17.1 Å². The lowest BCUT2D eigenvalue weighted by molar-refractivity contribution is 1.07. The first-order chi connectivity index (χ1) is 21.9. The molecule has 5 aromatic rings. The van der Waals surface area contributed by atoms with Gasteiger partial charge in [0.05, 0.1) is 39.2 Å². The van der Waals surface area contributed by atoms with Crippen LogP contribution in [0.3, 0.4) is 0 Å². The number of fused-ring (bicyclic) bond motifs is 2. The lowest BCUT2D eigenvalue weighted by Gasteiger charge is -2.21. The van der Waals surface area contributed by atoms with E-state index in [1.54, 1.807) is 0 Å². The molecule has 1 heterocycles.